The fourth-order valence-electron chi connectivity index (χ4n) is 8.37. The second kappa shape index (κ2) is 50.1. The second-order valence-electron chi connectivity index (χ2n) is 18.7. The monoisotopic (exact) mass is 872 g/mol. The predicted molar refractivity (Wildman–Crippen MR) is 269 cm³/mol. The molecule has 0 aliphatic carbocycles. The minimum atomic E-state index is -0.794. The Bertz CT molecular complexity index is 1020. The Hall–Kier alpha value is -1.92. The standard InChI is InChI=1S/C56H105NO5/c1-4-7-10-13-16-19-22-25-27-28-30-32-35-38-41-44-47-52(62-56(61)49-46-43-40-37-34-31-26-23-20-17-14-11-8-5-2)50-55(60)57-53(51-58)54(59)48-45-42-39-36-33-29-24-21-18-15-12-9-6-3/h22,25,27-28,30,32,52-54,58-59H,4-21,23-24,26,29,31,33-51H2,1-3H3,(H,57,60)/b25-22+,28-27+,32-30+. The van der Waals surface area contributed by atoms with Gasteiger partial charge in [0, 0.05) is 6.42 Å². The van der Waals surface area contributed by atoms with Gasteiger partial charge in [-0.2, -0.15) is 0 Å². The lowest BCUT2D eigenvalue weighted by Gasteiger charge is -2.24. The van der Waals surface area contributed by atoms with Gasteiger partial charge in [0.05, 0.1) is 25.2 Å². The van der Waals surface area contributed by atoms with Crippen LogP contribution in [-0.2, 0) is 14.3 Å². The average Bonchev–Trinajstić information content (AvgIpc) is 3.26. The number of aliphatic hydroxyl groups excluding tert-OH is 2. The number of unbranched alkanes of at least 4 members (excludes halogenated alkanes) is 33. The Morgan fingerprint density at radius 2 is 0.823 bits per heavy atom. The zero-order chi connectivity index (χ0) is 45.2. The molecular weight excluding hydrogens is 767 g/mol. The average molecular weight is 872 g/mol. The molecule has 3 unspecified atom stereocenters. The van der Waals surface area contributed by atoms with Crippen LogP contribution in [0.3, 0.4) is 0 Å². The molecule has 0 aromatic heterocycles. The largest absolute Gasteiger partial charge is 0.462 e. The number of amides is 1. The van der Waals surface area contributed by atoms with Crippen LogP contribution in [0.2, 0.25) is 0 Å². The van der Waals surface area contributed by atoms with E-state index in [9.17, 15) is 19.8 Å². The van der Waals surface area contributed by atoms with E-state index in [-0.39, 0.29) is 24.9 Å². The quantitative estimate of drug-likeness (QED) is 0.0321. The van der Waals surface area contributed by atoms with E-state index in [0.29, 0.717) is 19.3 Å². The van der Waals surface area contributed by atoms with Gasteiger partial charge in [-0.3, -0.25) is 9.59 Å². The van der Waals surface area contributed by atoms with Crippen LogP contribution in [0.15, 0.2) is 36.5 Å². The number of carbonyl (C=O) groups is 2. The van der Waals surface area contributed by atoms with Crippen molar-refractivity contribution in [2.45, 2.75) is 302 Å². The summed E-state index contributed by atoms with van der Waals surface area (Å²) in [6.07, 6.45) is 59.1. The van der Waals surface area contributed by atoms with Gasteiger partial charge in [0.25, 0.3) is 0 Å². The summed E-state index contributed by atoms with van der Waals surface area (Å²) in [7, 11) is 0. The lowest BCUT2D eigenvalue weighted by Crippen LogP contribution is -2.46. The molecule has 6 nitrogen and oxygen atoms in total. The zero-order valence-electron chi connectivity index (χ0n) is 41.5. The molecule has 0 aromatic rings. The van der Waals surface area contributed by atoms with Gasteiger partial charge in [-0.1, -0.05) is 256 Å². The number of carbonyl (C=O) groups excluding carboxylic acids is 2. The summed E-state index contributed by atoms with van der Waals surface area (Å²) in [6.45, 7) is 6.48. The summed E-state index contributed by atoms with van der Waals surface area (Å²) in [5.74, 6) is -0.494. The Balaban J connectivity index is 4.63. The van der Waals surface area contributed by atoms with Gasteiger partial charge in [-0.15, -0.1) is 0 Å². The SMILES string of the molecule is CCCCCCC/C=C/C=C/C=C/CCCCCC(CC(=O)NC(CO)C(O)CCCCCCCCCCCCCCC)OC(=O)CCCCCCCCCCCCCCCC. The van der Waals surface area contributed by atoms with Crippen LogP contribution in [-0.4, -0.2) is 46.9 Å². The third-order valence-electron chi connectivity index (χ3n) is 12.5. The van der Waals surface area contributed by atoms with E-state index in [0.717, 1.165) is 70.6 Å². The first-order valence-electron chi connectivity index (χ1n) is 27.2. The van der Waals surface area contributed by atoms with E-state index >= 15 is 0 Å². The summed E-state index contributed by atoms with van der Waals surface area (Å²) < 4.78 is 5.93. The van der Waals surface area contributed by atoms with Gasteiger partial charge in [-0.25, -0.2) is 0 Å². The number of hydrogen-bond donors (Lipinski definition) is 3. The number of ether oxygens (including phenoxy) is 1. The van der Waals surface area contributed by atoms with Gasteiger partial charge in [0.15, 0.2) is 0 Å². The van der Waals surface area contributed by atoms with E-state index in [4.69, 9.17) is 4.74 Å². The normalized spacial score (nSPS) is 13.4. The summed E-state index contributed by atoms with van der Waals surface area (Å²) in [5.41, 5.74) is 0. The van der Waals surface area contributed by atoms with Gasteiger partial charge in [0.2, 0.25) is 5.91 Å². The summed E-state index contributed by atoms with van der Waals surface area (Å²) in [4.78, 5) is 26.2. The first kappa shape index (κ1) is 60.1. The molecule has 0 saturated heterocycles. The highest BCUT2D eigenvalue weighted by Crippen LogP contribution is 2.18. The first-order chi connectivity index (χ1) is 30.5. The Morgan fingerprint density at radius 3 is 1.24 bits per heavy atom. The molecule has 3 N–H and O–H groups in total. The van der Waals surface area contributed by atoms with Gasteiger partial charge in [0.1, 0.15) is 6.10 Å². The van der Waals surface area contributed by atoms with Gasteiger partial charge >= 0.3 is 5.97 Å². The first-order valence-corrected chi connectivity index (χ1v) is 27.2. The fourth-order valence-corrected chi connectivity index (χ4v) is 8.37. The molecule has 3 atom stereocenters. The molecule has 0 heterocycles. The third-order valence-corrected chi connectivity index (χ3v) is 12.5. The molecule has 0 bridgehead atoms. The predicted octanol–water partition coefficient (Wildman–Crippen LogP) is 16.5. The smallest absolute Gasteiger partial charge is 0.306 e. The Morgan fingerprint density at radius 1 is 0.468 bits per heavy atom. The van der Waals surface area contributed by atoms with Crippen molar-refractivity contribution in [2.24, 2.45) is 0 Å². The van der Waals surface area contributed by atoms with Gasteiger partial charge < -0.3 is 20.3 Å². The molecule has 62 heavy (non-hydrogen) atoms. The second-order valence-corrected chi connectivity index (χ2v) is 18.7. The minimum Gasteiger partial charge on any atom is -0.462 e. The number of hydrogen-bond acceptors (Lipinski definition) is 5. The molecule has 1 amide bonds. The molecule has 0 saturated carbocycles. The van der Waals surface area contributed by atoms with Crippen molar-refractivity contribution in [2.75, 3.05) is 6.61 Å². The van der Waals surface area contributed by atoms with Crippen LogP contribution in [0.5, 0.6) is 0 Å². The van der Waals surface area contributed by atoms with Crippen molar-refractivity contribution in [1.29, 1.82) is 0 Å². The van der Waals surface area contributed by atoms with Crippen molar-refractivity contribution in [3.8, 4) is 0 Å². The van der Waals surface area contributed by atoms with E-state index in [1.54, 1.807) is 0 Å². The number of nitrogens with one attached hydrogen (secondary N) is 1. The third kappa shape index (κ3) is 44.7. The van der Waals surface area contributed by atoms with Gasteiger partial charge in [-0.05, 0) is 51.4 Å². The van der Waals surface area contributed by atoms with Crippen LogP contribution >= 0.6 is 0 Å². The molecule has 364 valence electrons. The maximum atomic E-state index is 13.2. The Labute approximate surface area is 385 Å². The maximum Gasteiger partial charge on any atom is 0.306 e. The molecule has 0 fully saturated rings. The van der Waals surface area contributed by atoms with E-state index in [1.807, 2.05) is 0 Å². The van der Waals surface area contributed by atoms with Crippen molar-refractivity contribution in [1.82, 2.24) is 5.32 Å². The van der Waals surface area contributed by atoms with Crippen molar-refractivity contribution >= 4 is 11.9 Å². The number of allylic oxidation sites excluding steroid dienone is 6. The molecule has 0 radical (unpaired) electrons. The molecule has 0 rings (SSSR count). The fraction of sp³-hybridized carbons (Fsp3) is 0.857. The van der Waals surface area contributed by atoms with Crippen molar-refractivity contribution in [3.05, 3.63) is 36.5 Å². The summed E-state index contributed by atoms with van der Waals surface area (Å²) in [5, 5.41) is 23.8. The molecule has 0 aliphatic rings. The van der Waals surface area contributed by atoms with E-state index in [2.05, 4.69) is 62.5 Å². The highest BCUT2D eigenvalue weighted by molar-refractivity contribution is 5.77. The highest BCUT2D eigenvalue weighted by atomic mass is 16.5. The van der Waals surface area contributed by atoms with Crippen LogP contribution in [0.25, 0.3) is 0 Å². The molecule has 6 heteroatoms. The summed E-state index contributed by atoms with van der Waals surface area (Å²) in [6, 6.07) is -0.710. The zero-order valence-corrected chi connectivity index (χ0v) is 41.5. The minimum absolute atomic E-state index is 0.0589. The van der Waals surface area contributed by atoms with Crippen molar-refractivity contribution in [3.63, 3.8) is 0 Å². The topological polar surface area (TPSA) is 95.9 Å². The van der Waals surface area contributed by atoms with Crippen LogP contribution in [0.4, 0.5) is 0 Å². The number of esters is 1. The van der Waals surface area contributed by atoms with E-state index in [1.165, 1.54) is 167 Å². The lowest BCUT2D eigenvalue weighted by atomic mass is 10.0. The highest BCUT2D eigenvalue weighted by Gasteiger charge is 2.24. The summed E-state index contributed by atoms with van der Waals surface area (Å²) >= 11 is 0. The Kier molecular flexibility index (Phi) is 48.5. The van der Waals surface area contributed by atoms with Crippen molar-refractivity contribution < 1.29 is 24.5 Å². The van der Waals surface area contributed by atoms with Crippen LogP contribution in [0, 0.1) is 0 Å². The molecular formula is C56H105NO5. The van der Waals surface area contributed by atoms with Crippen LogP contribution in [0.1, 0.15) is 284 Å². The molecule has 0 aromatic carbocycles. The van der Waals surface area contributed by atoms with Crippen LogP contribution < -0.4 is 5.32 Å². The lowest BCUT2D eigenvalue weighted by molar-refractivity contribution is -0.151. The molecule has 0 spiro atoms. The maximum absolute atomic E-state index is 13.2. The van der Waals surface area contributed by atoms with E-state index < -0.39 is 18.2 Å². The molecule has 0 aliphatic heterocycles. The number of aliphatic hydroxyl groups is 2. The number of rotatable bonds is 49.